The van der Waals surface area contributed by atoms with Crippen LogP contribution in [-0.2, 0) is 14.8 Å². The molecule has 0 aliphatic heterocycles. The maximum absolute atomic E-state index is 12.4. The average Bonchev–Trinajstić information content (AvgIpc) is 2.61. The van der Waals surface area contributed by atoms with E-state index in [9.17, 15) is 13.2 Å². The number of anilines is 1. The van der Waals surface area contributed by atoms with Crippen molar-refractivity contribution in [1.82, 2.24) is 4.72 Å². The van der Waals surface area contributed by atoms with Crippen LogP contribution in [-0.4, -0.2) is 33.7 Å². The van der Waals surface area contributed by atoms with Gasteiger partial charge in [-0.05, 0) is 49.6 Å². The number of carbonyl (C=O) groups is 1. The van der Waals surface area contributed by atoms with E-state index in [0.717, 1.165) is 4.90 Å². The SMILES string of the molecule is COc1ccc(S(=O)(=O)N[C@H](C)C(=O)Nc2ccccc2SC)cc1. The second-order valence-electron chi connectivity index (χ2n) is 5.21. The lowest BCUT2D eigenvalue weighted by atomic mass is 10.3. The molecule has 2 aromatic carbocycles. The van der Waals surface area contributed by atoms with Gasteiger partial charge < -0.3 is 10.1 Å². The molecule has 2 aromatic rings. The third-order valence-corrected chi connectivity index (χ3v) is 5.81. The van der Waals surface area contributed by atoms with Crippen molar-refractivity contribution in [3.05, 3.63) is 48.5 Å². The van der Waals surface area contributed by atoms with E-state index >= 15 is 0 Å². The highest BCUT2D eigenvalue weighted by molar-refractivity contribution is 7.98. The lowest BCUT2D eigenvalue weighted by Crippen LogP contribution is -2.41. The fraction of sp³-hybridized carbons (Fsp3) is 0.235. The van der Waals surface area contributed by atoms with Gasteiger partial charge in [-0.3, -0.25) is 4.79 Å². The number of thioether (sulfide) groups is 1. The molecule has 0 saturated carbocycles. The topological polar surface area (TPSA) is 84.5 Å². The van der Waals surface area contributed by atoms with Crippen LogP contribution in [0.15, 0.2) is 58.3 Å². The zero-order valence-corrected chi connectivity index (χ0v) is 15.8. The Labute approximate surface area is 152 Å². The molecule has 0 radical (unpaired) electrons. The number of sulfonamides is 1. The number of carbonyl (C=O) groups excluding carboxylic acids is 1. The van der Waals surface area contributed by atoms with Crippen LogP contribution in [0, 0.1) is 0 Å². The van der Waals surface area contributed by atoms with Gasteiger partial charge in [-0.2, -0.15) is 4.72 Å². The highest BCUT2D eigenvalue weighted by Crippen LogP contribution is 2.24. The maximum Gasteiger partial charge on any atom is 0.242 e. The molecule has 0 fully saturated rings. The van der Waals surface area contributed by atoms with Crippen molar-refractivity contribution in [3.63, 3.8) is 0 Å². The minimum absolute atomic E-state index is 0.0671. The van der Waals surface area contributed by atoms with Crippen LogP contribution in [0.3, 0.4) is 0 Å². The van der Waals surface area contributed by atoms with Crippen LogP contribution < -0.4 is 14.8 Å². The number of amides is 1. The molecular formula is C17H20N2O4S2. The summed E-state index contributed by atoms with van der Waals surface area (Å²) in [6.45, 7) is 1.50. The molecule has 6 nitrogen and oxygen atoms in total. The molecule has 0 unspecified atom stereocenters. The molecule has 25 heavy (non-hydrogen) atoms. The second-order valence-corrected chi connectivity index (χ2v) is 7.77. The number of ether oxygens (including phenoxy) is 1. The molecule has 0 bridgehead atoms. The number of para-hydroxylation sites is 1. The Morgan fingerprint density at radius 3 is 2.36 bits per heavy atom. The van der Waals surface area contributed by atoms with Crippen LogP contribution in [0.1, 0.15) is 6.92 Å². The molecule has 0 heterocycles. The first-order chi connectivity index (χ1) is 11.9. The van der Waals surface area contributed by atoms with Gasteiger partial charge in [0.25, 0.3) is 0 Å². The molecule has 1 atom stereocenters. The van der Waals surface area contributed by atoms with Crippen LogP contribution >= 0.6 is 11.8 Å². The van der Waals surface area contributed by atoms with Gasteiger partial charge in [0.05, 0.1) is 23.7 Å². The van der Waals surface area contributed by atoms with E-state index in [1.165, 1.54) is 37.9 Å². The van der Waals surface area contributed by atoms with E-state index in [2.05, 4.69) is 10.0 Å². The first-order valence-electron chi connectivity index (χ1n) is 7.47. The van der Waals surface area contributed by atoms with Crippen molar-refractivity contribution in [3.8, 4) is 5.75 Å². The van der Waals surface area contributed by atoms with Gasteiger partial charge in [0.1, 0.15) is 5.75 Å². The highest BCUT2D eigenvalue weighted by atomic mass is 32.2. The van der Waals surface area contributed by atoms with Crippen molar-refractivity contribution >= 4 is 33.4 Å². The Balaban J connectivity index is 2.08. The average molecular weight is 380 g/mol. The van der Waals surface area contributed by atoms with E-state index in [1.54, 1.807) is 18.2 Å². The number of nitrogens with one attached hydrogen (secondary N) is 2. The Bertz CT molecular complexity index is 836. The number of benzene rings is 2. The van der Waals surface area contributed by atoms with Gasteiger partial charge in [-0.1, -0.05) is 12.1 Å². The maximum atomic E-state index is 12.4. The quantitative estimate of drug-likeness (QED) is 0.722. The van der Waals surface area contributed by atoms with Crippen LogP contribution in [0.25, 0.3) is 0 Å². The first kappa shape index (κ1) is 19.3. The van der Waals surface area contributed by atoms with E-state index < -0.39 is 22.0 Å². The lowest BCUT2D eigenvalue weighted by Gasteiger charge is -2.16. The van der Waals surface area contributed by atoms with E-state index in [-0.39, 0.29) is 4.90 Å². The molecule has 0 spiro atoms. The van der Waals surface area contributed by atoms with Gasteiger partial charge in [0.15, 0.2) is 0 Å². The van der Waals surface area contributed by atoms with E-state index in [4.69, 9.17) is 4.74 Å². The molecule has 0 aliphatic rings. The van der Waals surface area contributed by atoms with E-state index in [1.807, 2.05) is 24.5 Å². The molecule has 2 rings (SSSR count). The molecular weight excluding hydrogens is 360 g/mol. The summed E-state index contributed by atoms with van der Waals surface area (Å²) in [5.41, 5.74) is 0.649. The predicted molar refractivity (Wildman–Crippen MR) is 99.6 cm³/mol. The zero-order chi connectivity index (χ0) is 18.4. The molecule has 1 amide bonds. The van der Waals surface area contributed by atoms with Gasteiger partial charge in [0, 0.05) is 4.90 Å². The van der Waals surface area contributed by atoms with Crippen LogP contribution in [0.4, 0.5) is 5.69 Å². The van der Waals surface area contributed by atoms with Crippen LogP contribution in [0.2, 0.25) is 0 Å². The molecule has 0 aromatic heterocycles. The van der Waals surface area contributed by atoms with Crippen LogP contribution in [0.5, 0.6) is 5.75 Å². The van der Waals surface area contributed by atoms with Gasteiger partial charge in [0.2, 0.25) is 15.9 Å². The summed E-state index contributed by atoms with van der Waals surface area (Å²) in [6, 6.07) is 12.4. The molecule has 2 N–H and O–H groups in total. The Hall–Kier alpha value is -2.03. The minimum atomic E-state index is -3.81. The smallest absolute Gasteiger partial charge is 0.242 e. The summed E-state index contributed by atoms with van der Waals surface area (Å²) in [5, 5.41) is 2.75. The highest BCUT2D eigenvalue weighted by Gasteiger charge is 2.22. The number of rotatable bonds is 7. The second kappa shape index (κ2) is 8.37. The summed E-state index contributed by atoms with van der Waals surface area (Å²) in [5.74, 6) is 0.122. The number of hydrogen-bond donors (Lipinski definition) is 2. The Morgan fingerprint density at radius 2 is 1.76 bits per heavy atom. The summed E-state index contributed by atoms with van der Waals surface area (Å²) >= 11 is 1.50. The fourth-order valence-electron chi connectivity index (χ4n) is 2.10. The monoisotopic (exact) mass is 380 g/mol. The van der Waals surface area contributed by atoms with E-state index in [0.29, 0.717) is 11.4 Å². The number of methoxy groups -OCH3 is 1. The van der Waals surface area contributed by atoms with Crippen molar-refractivity contribution in [2.24, 2.45) is 0 Å². The van der Waals surface area contributed by atoms with Crippen molar-refractivity contribution < 1.29 is 17.9 Å². The predicted octanol–water partition coefficient (Wildman–Crippen LogP) is 2.72. The fourth-order valence-corrected chi connectivity index (χ4v) is 3.85. The Kier molecular flexibility index (Phi) is 6.46. The zero-order valence-electron chi connectivity index (χ0n) is 14.1. The van der Waals surface area contributed by atoms with Gasteiger partial charge in [-0.25, -0.2) is 8.42 Å². The normalized spacial score (nSPS) is 12.4. The standard InChI is InChI=1S/C17H20N2O4S2/c1-12(17(20)18-15-6-4-5-7-16(15)24-3)19-25(21,22)14-10-8-13(23-2)9-11-14/h4-12,19H,1-3H3,(H,18,20)/t12-/m1/s1. The minimum Gasteiger partial charge on any atom is -0.497 e. The van der Waals surface area contributed by atoms with Crippen molar-refractivity contribution in [2.75, 3.05) is 18.7 Å². The molecule has 0 saturated heterocycles. The first-order valence-corrected chi connectivity index (χ1v) is 10.2. The number of hydrogen-bond acceptors (Lipinski definition) is 5. The summed E-state index contributed by atoms with van der Waals surface area (Å²) in [7, 11) is -2.31. The third kappa shape index (κ3) is 4.97. The lowest BCUT2D eigenvalue weighted by molar-refractivity contribution is -0.117. The summed E-state index contributed by atoms with van der Waals surface area (Å²) < 4.78 is 32.2. The summed E-state index contributed by atoms with van der Waals surface area (Å²) in [4.78, 5) is 13.3. The Morgan fingerprint density at radius 1 is 1.12 bits per heavy atom. The van der Waals surface area contributed by atoms with Crippen molar-refractivity contribution in [2.45, 2.75) is 22.8 Å². The molecule has 8 heteroatoms. The van der Waals surface area contributed by atoms with Gasteiger partial charge in [-0.15, -0.1) is 11.8 Å². The van der Waals surface area contributed by atoms with Crippen molar-refractivity contribution in [1.29, 1.82) is 0 Å². The molecule has 0 aliphatic carbocycles. The largest absolute Gasteiger partial charge is 0.497 e. The summed E-state index contributed by atoms with van der Waals surface area (Å²) in [6.07, 6.45) is 1.90. The van der Waals surface area contributed by atoms with Gasteiger partial charge >= 0.3 is 0 Å². The molecule has 134 valence electrons. The third-order valence-electron chi connectivity index (χ3n) is 3.46.